The van der Waals surface area contributed by atoms with E-state index in [4.69, 9.17) is 9.15 Å². The number of nitrogens with zero attached hydrogens (tertiary/aromatic N) is 2. The van der Waals surface area contributed by atoms with Gasteiger partial charge in [-0.3, -0.25) is 9.59 Å². The van der Waals surface area contributed by atoms with Crippen LogP contribution in [0.5, 0.6) is 5.75 Å². The minimum atomic E-state index is -1.12. The van der Waals surface area contributed by atoms with Crippen LogP contribution in [-0.2, 0) is 24.4 Å². The summed E-state index contributed by atoms with van der Waals surface area (Å²) in [6.07, 6.45) is 1.57. The molecule has 5 rings (SSSR count). The van der Waals surface area contributed by atoms with E-state index in [0.717, 1.165) is 16.5 Å². The molecule has 2 amide bonds. The van der Waals surface area contributed by atoms with E-state index in [1.54, 1.807) is 24.3 Å². The molecule has 0 aliphatic carbocycles. The number of hydrogen-bond donors (Lipinski definition) is 1. The van der Waals surface area contributed by atoms with E-state index in [9.17, 15) is 9.59 Å². The van der Waals surface area contributed by atoms with Gasteiger partial charge in [-0.05, 0) is 37.3 Å². The molecule has 0 fully saturated rings. The topological polar surface area (TPSA) is 76.7 Å². The van der Waals surface area contributed by atoms with Crippen molar-refractivity contribution < 1.29 is 18.7 Å². The number of ether oxygens (including phenoxy) is 1. The Bertz CT molecular complexity index is 1320. The van der Waals surface area contributed by atoms with Crippen molar-refractivity contribution in [1.29, 1.82) is 0 Å². The predicted molar refractivity (Wildman–Crippen MR) is 124 cm³/mol. The van der Waals surface area contributed by atoms with E-state index in [1.807, 2.05) is 72.2 Å². The Morgan fingerprint density at radius 1 is 1.12 bits per heavy atom. The Hall–Kier alpha value is -4.00. The second kappa shape index (κ2) is 8.16. The molecule has 0 radical (unpaired) electrons. The quantitative estimate of drug-likeness (QED) is 0.489. The molecule has 7 nitrogen and oxygen atoms in total. The highest BCUT2D eigenvalue weighted by atomic mass is 16.5. The third kappa shape index (κ3) is 3.55. The number of benzene rings is 2. The summed E-state index contributed by atoms with van der Waals surface area (Å²) in [5, 5.41) is 4.00. The van der Waals surface area contributed by atoms with E-state index in [1.165, 1.54) is 0 Å². The van der Waals surface area contributed by atoms with Gasteiger partial charge < -0.3 is 23.9 Å². The molecule has 2 aromatic heterocycles. The van der Waals surface area contributed by atoms with Crippen molar-refractivity contribution in [2.45, 2.75) is 32.1 Å². The molecule has 0 saturated carbocycles. The molecule has 0 bridgehead atoms. The Balaban J connectivity index is 1.51. The number of furan rings is 1. The van der Waals surface area contributed by atoms with Crippen LogP contribution >= 0.6 is 0 Å². The first-order valence-electron chi connectivity index (χ1n) is 10.8. The van der Waals surface area contributed by atoms with Crippen molar-refractivity contribution in [2.75, 3.05) is 7.11 Å². The SMILES string of the molecule is COc1ccccc1CNC(=O)C1(C)Cn2c(cc3ccccc32)C(=O)N1Cc1ccco1. The fourth-order valence-corrected chi connectivity index (χ4v) is 4.53. The van der Waals surface area contributed by atoms with E-state index in [-0.39, 0.29) is 18.4 Å². The lowest BCUT2D eigenvalue weighted by Gasteiger charge is -2.43. The van der Waals surface area contributed by atoms with Gasteiger partial charge in [0.25, 0.3) is 5.91 Å². The molecule has 0 saturated heterocycles. The maximum atomic E-state index is 13.7. The van der Waals surface area contributed by atoms with Crippen LogP contribution < -0.4 is 10.1 Å². The number of carbonyl (C=O) groups is 2. The molecule has 4 aromatic rings. The molecule has 0 spiro atoms. The number of methoxy groups -OCH3 is 1. The Morgan fingerprint density at radius 2 is 1.91 bits per heavy atom. The van der Waals surface area contributed by atoms with Crippen LogP contribution in [0.4, 0.5) is 0 Å². The Labute approximate surface area is 191 Å². The first-order chi connectivity index (χ1) is 16.0. The lowest BCUT2D eigenvalue weighted by atomic mass is 9.94. The summed E-state index contributed by atoms with van der Waals surface area (Å²) in [5.41, 5.74) is 1.24. The van der Waals surface area contributed by atoms with Crippen molar-refractivity contribution in [3.05, 3.63) is 90.0 Å². The van der Waals surface area contributed by atoms with Gasteiger partial charge in [-0.15, -0.1) is 0 Å². The molecule has 3 heterocycles. The standard InChI is InChI=1S/C26H25N3O4/c1-26(25(31)27-15-19-9-4-6-12-23(19)32-2)17-28-21-11-5-3-8-18(21)14-22(28)24(30)29(26)16-20-10-7-13-33-20/h3-14H,15-17H2,1-2H3,(H,27,31). The predicted octanol–water partition coefficient (Wildman–Crippen LogP) is 3.97. The summed E-state index contributed by atoms with van der Waals surface area (Å²) in [4.78, 5) is 28.9. The van der Waals surface area contributed by atoms with Gasteiger partial charge in [0.15, 0.2) is 0 Å². The molecule has 1 aliphatic rings. The van der Waals surface area contributed by atoms with Crippen LogP contribution in [0, 0.1) is 0 Å². The molecule has 1 aliphatic heterocycles. The molecular weight excluding hydrogens is 418 g/mol. The van der Waals surface area contributed by atoms with Crippen LogP contribution in [-0.4, -0.2) is 33.9 Å². The fourth-order valence-electron chi connectivity index (χ4n) is 4.53. The lowest BCUT2D eigenvalue weighted by Crippen LogP contribution is -2.63. The number of aromatic nitrogens is 1. The minimum Gasteiger partial charge on any atom is -0.496 e. The van der Waals surface area contributed by atoms with Crippen molar-refractivity contribution in [2.24, 2.45) is 0 Å². The summed E-state index contributed by atoms with van der Waals surface area (Å²) in [6.45, 7) is 2.63. The summed E-state index contributed by atoms with van der Waals surface area (Å²) < 4.78 is 12.9. The van der Waals surface area contributed by atoms with Crippen LogP contribution in [0.1, 0.15) is 28.7 Å². The monoisotopic (exact) mass is 443 g/mol. The normalized spacial score (nSPS) is 17.8. The number of hydrogen-bond acceptors (Lipinski definition) is 4. The van der Waals surface area contributed by atoms with Gasteiger partial charge >= 0.3 is 0 Å². The largest absolute Gasteiger partial charge is 0.496 e. The van der Waals surface area contributed by atoms with Crippen molar-refractivity contribution in [3.8, 4) is 5.75 Å². The number of rotatable bonds is 6. The van der Waals surface area contributed by atoms with Crippen LogP contribution in [0.2, 0.25) is 0 Å². The summed E-state index contributed by atoms with van der Waals surface area (Å²) >= 11 is 0. The molecule has 2 aromatic carbocycles. The zero-order valence-electron chi connectivity index (χ0n) is 18.6. The molecule has 1 atom stereocenters. The number of para-hydroxylation sites is 2. The zero-order valence-corrected chi connectivity index (χ0v) is 18.6. The second-order valence-electron chi connectivity index (χ2n) is 8.41. The van der Waals surface area contributed by atoms with Crippen molar-refractivity contribution in [1.82, 2.24) is 14.8 Å². The third-order valence-corrected chi connectivity index (χ3v) is 6.35. The van der Waals surface area contributed by atoms with Gasteiger partial charge in [0, 0.05) is 23.0 Å². The van der Waals surface area contributed by atoms with E-state index >= 15 is 0 Å². The van der Waals surface area contributed by atoms with Gasteiger partial charge in [0.2, 0.25) is 5.91 Å². The van der Waals surface area contributed by atoms with E-state index in [2.05, 4.69) is 5.32 Å². The van der Waals surface area contributed by atoms with Gasteiger partial charge in [-0.25, -0.2) is 0 Å². The van der Waals surface area contributed by atoms with Gasteiger partial charge in [0.05, 0.1) is 26.5 Å². The number of nitrogens with one attached hydrogen (secondary N) is 1. The zero-order chi connectivity index (χ0) is 23.0. The fraction of sp³-hybridized carbons (Fsp3) is 0.231. The second-order valence-corrected chi connectivity index (χ2v) is 8.41. The van der Waals surface area contributed by atoms with Crippen LogP contribution in [0.3, 0.4) is 0 Å². The van der Waals surface area contributed by atoms with Crippen LogP contribution in [0.25, 0.3) is 10.9 Å². The van der Waals surface area contributed by atoms with Gasteiger partial charge in [-0.2, -0.15) is 0 Å². The summed E-state index contributed by atoms with van der Waals surface area (Å²) in [7, 11) is 1.60. The van der Waals surface area contributed by atoms with Crippen molar-refractivity contribution >= 4 is 22.7 Å². The number of fused-ring (bicyclic) bond motifs is 3. The Kier molecular flexibility index (Phi) is 5.17. The summed E-state index contributed by atoms with van der Waals surface area (Å²) in [6, 6.07) is 20.9. The lowest BCUT2D eigenvalue weighted by molar-refractivity contribution is -0.133. The third-order valence-electron chi connectivity index (χ3n) is 6.35. The van der Waals surface area contributed by atoms with Gasteiger partial charge in [-0.1, -0.05) is 36.4 Å². The maximum Gasteiger partial charge on any atom is 0.271 e. The minimum absolute atomic E-state index is 0.200. The van der Waals surface area contributed by atoms with E-state index in [0.29, 0.717) is 30.3 Å². The average Bonchev–Trinajstić information content (AvgIpc) is 3.48. The Morgan fingerprint density at radius 3 is 2.70 bits per heavy atom. The van der Waals surface area contributed by atoms with Crippen LogP contribution in [0.15, 0.2) is 77.4 Å². The first kappa shape index (κ1) is 20.9. The maximum absolute atomic E-state index is 13.7. The highest BCUT2D eigenvalue weighted by Crippen LogP contribution is 2.33. The molecular formula is C26H25N3O4. The van der Waals surface area contributed by atoms with Gasteiger partial charge in [0.1, 0.15) is 22.7 Å². The summed E-state index contributed by atoms with van der Waals surface area (Å²) in [5.74, 6) is 0.881. The van der Waals surface area contributed by atoms with E-state index < -0.39 is 5.54 Å². The molecule has 7 heteroatoms. The number of amides is 2. The first-order valence-corrected chi connectivity index (χ1v) is 10.8. The van der Waals surface area contributed by atoms with Crippen molar-refractivity contribution in [3.63, 3.8) is 0 Å². The molecule has 33 heavy (non-hydrogen) atoms. The molecule has 168 valence electrons. The number of carbonyl (C=O) groups excluding carboxylic acids is 2. The average molecular weight is 444 g/mol. The molecule has 1 N–H and O–H groups in total. The highest BCUT2D eigenvalue weighted by molar-refractivity contribution is 6.03. The smallest absolute Gasteiger partial charge is 0.271 e. The highest BCUT2D eigenvalue weighted by Gasteiger charge is 2.47. The molecule has 1 unspecified atom stereocenters.